The first-order chi connectivity index (χ1) is 10.3. The van der Waals surface area contributed by atoms with Gasteiger partial charge in [-0.1, -0.05) is 35.3 Å². The van der Waals surface area contributed by atoms with Gasteiger partial charge in [-0.3, -0.25) is 4.79 Å². The summed E-state index contributed by atoms with van der Waals surface area (Å²) < 4.78 is 0. The van der Waals surface area contributed by atoms with Gasteiger partial charge in [-0.2, -0.15) is 0 Å². The highest BCUT2D eigenvalue weighted by molar-refractivity contribution is 7.80. The van der Waals surface area contributed by atoms with Crippen LogP contribution < -0.4 is 5.32 Å². The molecular formula is C15H17Cl2N3OS. The van der Waals surface area contributed by atoms with Gasteiger partial charge >= 0.3 is 0 Å². The van der Waals surface area contributed by atoms with Crippen molar-refractivity contribution in [3.63, 3.8) is 0 Å². The number of halogens is 2. The van der Waals surface area contributed by atoms with Gasteiger partial charge in [0.2, 0.25) is 0 Å². The predicted molar refractivity (Wildman–Crippen MR) is 94.1 cm³/mol. The SMILES string of the molecule is CC1=C(C(=O)N(C)C)C(c2cccc(Cl)c2Cl)NC(=S)N1C. The Labute approximate surface area is 145 Å². The van der Waals surface area contributed by atoms with Crippen molar-refractivity contribution in [1.29, 1.82) is 0 Å². The van der Waals surface area contributed by atoms with Crippen LogP contribution in [-0.4, -0.2) is 42.0 Å². The number of nitrogens with zero attached hydrogens (tertiary/aromatic N) is 2. The van der Waals surface area contributed by atoms with Gasteiger partial charge in [0, 0.05) is 26.8 Å². The van der Waals surface area contributed by atoms with Crippen molar-refractivity contribution in [3.8, 4) is 0 Å². The number of benzene rings is 1. The molecule has 4 nitrogen and oxygen atoms in total. The van der Waals surface area contributed by atoms with E-state index in [0.29, 0.717) is 20.7 Å². The van der Waals surface area contributed by atoms with E-state index >= 15 is 0 Å². The topological polar surface area (TPSA) is 35.6 Å². The van der Waals surface area contributed by atoms with Crippen molar-refractivity contribution < 1.29 is 4.79 Å². The largest absolute Gasteiger partial charge is 0.351 e. The number of carbonyl (C=O) groups excluding carboxylic acids is 1. The number of allylic oxidation sites excluding steroid dienone is 1. The molecule has 1 atom stereocenters. The number of carbonyl (C=O) groups is 1. The summed E-state index contributed by atoms with van der Waals surface area (Å²) in [7, 11) is 5.25. The molecule has 1 aliphatic rings. The van der Waals surface area contributed by atoms with Crippen LogP contribution >= 0.6 is 35.4 Å². The predicted octanol–water partition coefficient (Wildman–Crippen LogP) is 3.22. The molecule has 1 amide bonds. The second-order valence-corrected chi connectivity index (χ2v) is 6.46. The van der Waals surface area contributed by atoms with Gasteiger partial charge in [-0.15, -0.1) is 0 Å². The van der Waals surface area contributed by atoms with Crippen molar-refractivity contribution in [3.05, 3.63) is 45.1 Å². The van der Waals surface area contributed by atoms with E-state index < -0.39 is 6.04 Å². The Hall–Kier alpha value is -1.30. The number of amides is 1. The zero-order valence-electron chi connectivity index (χ0n) is 12.8. The third-order valence-electron chi connectivity index (χ3n) is 3.68. The van der Waals surface area contributed by atoms with E-state index in [2.05, 4.69) is 5.32 Å². The van der Waals surface area contributed by atoms with Crippen molar-refractivity contribution >= 4 is 46.4 Å². The number of thiocarbonyl (C=S) groups is 1. The first-order valence-corrected chi connectivity index (χ1v) is 7.82. The average Bonchev–Trinajstić information content (AvgIpc) is 2.46. The third-order valence-corrected chi connectivity index (χ3v) is 4.91. The van der Waals surface area contributed by atoms with Gasteiger partial charge in [-0.25, -0.2) is 0 Å². The van der Waals surface area contributed by atoms with E-state index in [0.717, 1.165) is 11.3 Å². The van der Waals surface area contributed by atoms with Crippen LogP contribution in [0.25, 0.3) is 0 Å². The van der Waals surface area contributed by atoms with Gasteiger partial charge in [0.25, 0.3) is 5.91 Å². The number of likely N-dealkylation sites (N-methyl/N-ethyl adjacent to an activating group) is 1. The minimum atomic E-state index is -0.426. The Kier molecular flexibility index (Phi) is 5.00. The van der Waals surface area contributed by atoms with E-state index in [9.17, 15) is 4.79 Å². The molecule has 2 rings (SSSR count). The van der Waals surface area contributed by atoms with E-state index in [1.165, 1.54) is 4.90 Å². The molecular weight excluding hydrogens is 341 g/mol. The first-order valence-electron chi connectivity index (χ1n) is 6.66. The molecule has 0 bridgehead atoms. The van der Waals surface area contributed by atoms with Crippen molar-refractivity contribution in [2.75, 3.05) is 21.1 Å². The Bertz CT molecular complexity index is 673. The Morgan fingerprint density at radius 2 is 2.00 bits per heavy atom. The van der Waals surface area contributed by atoms with Gasteiger partial charge in [0.15, 0.2) is 5.11 Å². The van der Waals surface area contributed by atoms with Crippen LogP contribution in [-0.2, 0) is 4.79 Å². The summed E-state index contributed by atoms with van der Waals surface area (Å²) in [6, 6.07) is 4.94. The first kappa shape index (κ1) is 17.1. The van der Waals surface area contributed by atoms with Crippen molar-refractivity contribution in [2.45, 2.75) is 13.0 Å². The molecule has 1 aliphatic heterocycles. The maximum atomic E-state index is 12.6. The molecule has 0 saturated carbocycles. The molecule has 0 fully saturated rings. The maximum Gasteiger partial charge on any atom is 0.253 e. The lowest BCUT2D eigenvalue weighted by Crippen LogP contribution is -2.47. The summed E-state index contributed by atoms with van der Waals surface area (Å²) in [6.45, 7) is 1.87. The van der Waals surface area contributed by atoms with Crippen molar-refractivity contribution in [1.82, 2.24) is 15.1 Å². The summed E-state index contributed by atoms with van der Waals surface area (Å²) >= 11 is 17.8. The monoisotopic (exact) mass is 357 g/mol. The summed E-state index contributed by atoms with van der Waals surface area (Å²) in [4.78, 5) is 15.9. The molecule has 0 aliphatic carbocycles. The Morgan fingerprint density at radius 3 is 2.59 bits per heavy atom. The van der Waals surface area contributed by atoms with Crippen LogP contribution in [0.1, 0.15) is 18.5 Å². The highest BCUT2D eigenvalue weighted by Crippen LogP contribution is 2.37. The smallest absolute Gasteiger partial charge is 0.253 e. The van der Waals surface area contributed by atoms with Crippen LogP contribution in [0.5, 0.6) is 0 Å². The maximum absolute atomic E-state index is 12.6. The van der Waals surface area contributed by atoms with Crippen LogP contribution in [0.2, 0.25) is 10.0 Å². The number of nitrogens with one attached hydrogen (secondary N) is 1. The molecule has 0 saturated heterocycles. The fourth-order valence-electron chi connectivity index (χ4n) is 2.33. The lowest BCUT2D eigenvalue weighted by molar-refractivity contribution is -0.125. The minimum absolute atomic E-state index is 0.0969. The number of rotatable bonds is 2. The zero-order chi connectivity index (χ0) is 16.6. The molecule has 1 heterocycles. The summed E-state index contributed by atoms with van der Waals surface area (Å²) in [5, 5.41) is 4.58. The molecule has 1 N–H and O–H groups in total. The van der Waals surface area contributed by atoms with E-state index in [-0.39, 0.29) is 5.91 Å². The fraction of sp³-hybridized carbons (Fsp3) is 0.333. The lowest BCUT2D eigenvalue weighted by Gasteiger charge is -2.36. The molecule has 1 unspecified atom stereocenters. The molecule has 1 aromatic rings. The van der Waals surface area contributed by atoms with Gasteiger partial charge in [0.05, 0.1) is 21.7 Å². The normalized spacial score (nSPS) is 18.4. The highest BCUT2D eigenvalue weighted by Gasteiger charge is 2.34. The molecule has 0 spiro atoms. The third kappa shape index (κ3) is 2.93. The second kappa shape index (κ2) is 6.44. The van der Waals surface area contributed by atoms with Crippen molar-refractivity contribution in [2.24, 2.45) is 0 Å². The number of hydrogen-bond donors (Lipinski definition) is 1. The minimum Gasteiger partial charge on any atom is -0.351 e. The molecule has 1 aromatic carbocycles. The lowest BCUT2D eigenvalue weighted by atomic mass is 9.94. The van der Waals surface area contributed by atoms with Crippen LogP contribution in [0.4, 0.5) is 0 Å². The van der Waals surface area contributed by atoms with E-state index in [1.807, 2.05) is 20.0 Å². The van der Waals surface area contributed by atoms with E-state index in [4.69, 9.17) is 35.4 Å². The summed E-state index contributed by atoms with van der Waals surface area (Å²) in [5.41, 5.74) is 2.13. The second-order valence-electron chi connectivity index (χ2n) is 5.28. The number of hydrogen-bond acceptors (Lipinski definition) is 2. The zero-order valence-corrected chi connectivity index (χ0v) is 15.1. The molecule has 7 heteroatoms. The quantitative estimate of drug-likeness (QED) is 0.824. The summed E-state index contributed by atoms with van der Waals surface area (Å²) in [5.74, 6) is -0.0969. The standard InChI is InChI=1S/C15H17Cl2N3OS/c1-8-11(14(21)19(2)3)13(18-15(22)20(8)4)9-6-5-7-10(16)12(9)17/h5-7,13H,1-4H3,(H,18,22). The Balaban J connectivity index is 2.64. The average molecular weight is 358 g/mol. The fourth-order valence-corrected chi connectivity index (χ4v) is 3.00. The molecule has 0 aromatic heterocycles. The van der Waals surface area contributed by atoms with Crippen LogP contribution in [0.3, 0.4) is 0 Å². The highest BCUT2D eigenvalue weighted by atomic mass is 35.5. The molecule has 22 heavy (non-hydrogen) atoms. The van der Waals surface area contributed by atoms with Gasteiger partial charge < -0.3 is 15.1 Å². The van der Waals surface area contributed by atoms with Gasteiger partial charge in [-0.05, 0) is 30.8 Å². The van der Waals surface area contributed by atoms with Gasteiger partial charge in [0.1, 0.15) is 0 Å². The molecule has 0 radical (unpaired) electrons. The molecule has 118 valence electrons. The Morgan fingerprint density at radius 1 is 1.36 bits per heavy atom. The van der Waals surface area contributed by atoms with Crippen LogP contribution in [0.15, 0.2) is 29.5 Å². The van der Waals surface area contributed by atoms with E-state index in [1.54, 1.807) is 31.1 Å². The van der Waals surface area contributed by atoms with Crippen LogP contribution in [0, 0.1) is 0 Å². The summed E-state index contributed by atoms with van der Waals surface area (Å²) in [6.07, 6.45) is 0.